The van der Waals surface area contributed by atoms with Gasteiger partial charge in [0.15, 0.2) is 0 Å². The number of hydrogen-bond donors (Lipinski definition) is 1. The Kier molecular flexibility index (Phi) is 7.02. The lowest BCUT2D eigenvalue weighted by Gasteiger charge is -2.17. The summed E-state index contributed by atoms with van der Waals surface area (Å²) in [6, 6.07) is 5.41. The van der Waals surface area contributed by atoms with Gasteiger partial charge in [-0.05, 0) is 30.7 Å². The van der Waals surface area contributed by atoms with Crippen LogP contribution in [0.5, 0.6) is 0 Å². The number of nitrogens with zero attached hydrogens (tertiary/aromatic N) is 3. The lowest BCUT2D eigenvalue weighted by atomic mass is 10.2. The fourth-order valence-corrected chi connectivity index (χ4v) is 2.66. The number of anilines is 1. The summed E-state index contributed by atoms with van der Waals surface area (Å²) in [5.41, 5.74) is -1.57. The molecule has 2 aromatic rings. The molecule has 0 radical (unpaired) electrons. The maximum absolute atomic E-state index is 12.9. The van der Waals surface area contributed by atoms with Gasteiger partial charge in [-0.2, -0.15) is 18.3 Å². The Balaban J connectivity index is 2.08. The molecule has 1 aromatic heterocycles. The summed E-state index contributed by atoms with van der Waals surface area (Å²) in [5.74, 6) is -1.32. The third-order valence-electron chi connectivity index (χ3n) is 3.80. The number of carbonyl (C=O) groups is 2. The Morgan fingerprint density at radius 3 is 2.55 bits per heavy atom. The first-order valence-corrected chi connectivity index (χ1v) is 8.91. The summed E-state index contributed by atoms with van der Waals surface area (Å²) in [6.07, 6.45) is -4.03. The molecule has 7 nitrogen and oxygen atoms in total. The molecule has 11 heteroatoms. The largest absolute Gasteiger partial charge is 0.417 e. The minimum Gasteiger partial charge on any atom is -0.331 e. The van der Waals surface area contributed by atoms with Crippen LogP contribution in [0.1, 0.15) is 29.4 Å². The third-order valence-corrected chi connectivity index (χ3v) is 4.13. The lowest BCUT2D eigenvalue weighted by Crippen LogP contribution is -2.36. The maximum atomic E-state index is 12.9. The van der Waals surface area contributed by atoms with Crippen LogP contribution in [0.4, 0.5) is 18.9 Å². The van der Waals surface area contributed by atoms with E-state index < -0.39 is 35.1 Å². The fraction of sp³-hybridized carbons (Fsp3) is 0.333. The van der Waals surface area contributed by atoms with Gasteiger partial charge < -0.3 is 10.2 Å². The van der Waals surface area contributed by atoms with Gasteiger partial charge in [-0.15, -0.1) is 0 Å². The Morgan fingerprint density at radius 1 is 1.24 bits per heavy atom. The molecule has 0 atom stereocenters. The molecule has 0 unspecified atom stereocenters. The highest BCUT2D eigenvalue weighted by atomic mass is 35.5. The van der Waals surface area contributed by atoms with E-state index in [0.717, 1.165) is 15.6 Å². The van der Waals surface area contributed by atoms with Gasteiger partial charge in [-0.25, -0.2) is 4.68 Å². The van der Waals surface area contributed by atoms with Crippen LogP contribution in [-0.2, 0) is 17.5 Å². The van der Waals surface area contributed by atoms with Crippen molar-refractivity contribution in [3.05, 3.63) is 57.0 Å². The van der Waals surface area contributed by atoms with E-state index in [4.69, 9.17) is 11.6 Å². The van der Waals surface area contributed by atoms with Crippen LogP contribution in [0.15, 0.2) is 35.1 Å². The molecular weight excluding hydrogens is 413 g/mol. The van der Waals surface area contributed by atoms with E-state index >= 15 is 0 Å². The number of amides is 2. The molecule has 0 aliphatic carbocycles. The van der Waals surface area contributed by atoms with Crippen LogP contribution < -0.4 is 10.9 Å². The number of aromatic nitrogens is 2. The van der Waals surface area contributed by atoms with Crippen LogP contribution in [0.3, 0.4) is 0 Å². The lowest BCUT2D eigenvalue weighted by molar-refractivity contribution is -0.137. The van der Waals surface area contributed by atoms with Gasteiger partial charge >= 0.3 is 6.18 Å². The van der Waals surface area contributed by atoms with E-state index in [0.29, 0.717) is 19.0 Å². The summed E-state index contributed by atoms with van der Waals surface area (Å²) in [6.45, 7) is 1.75. The molecule has 29 heavy (non-hydrogen) atoms. The van der Waals surface area contributed by atoms with Gasteiger partial charge in [0.25, 0.3) is 11.5 Å². The number of hydrogen-bond acceptors (Lipinski definition) is 4. The van der Waals surface area contributed by atoms with Crippen molar-refractivity contribution in [1.29, 1.82) is 0 Å². The molecule has 0 fully saturated rings. The number of carbonyl (C=O) groups excluding carboxylic acids is 2. The maximum Gasteiger partial charge on any atom is 0.417 e. The first-order chi connectivity index (χ1) is 13.5. The first-order valence-electron chi connectivity index (χ1n) is 8.53. The third kappa shape index (κ3) is 5.80. The normalized spacial score (nSPS) is 11.2. The van der Waals surface area contributed by atoms with Crippen LogP contribution >= 0.6 is 11.6 Å². The number of likely N-dealkylation sites (N-methyl/N-ethyl adjacent to an activating group) is 1. The van der Waals surface area contributed by atoms with E-state index in [9.17, 15) is 27.6 Å². The molecule has 0 spiro atoms. The van der Waals surface area contributed by atoms with E-state index in [1.807, 2.05) is 6.92 Å². The molecule has 2 rings (SSSR count). The number of alkyl halides is 3. The molecule has 2 amide bonds. The zero-order chi connectivity index (χ0) is 21.8. The zero-order valence-corrected chi connectivity index (χ0v) is 16.3. The molecular formula is C18H18ClF3N4O3. The van der Waals surface area contributed by atoms with Crippen LogP contribution in [0.25, 0.3) is 0 Å². The molecule has 0 saturated carbocycles. The van der Waals surface area contributed by atoms with Crippen molar-refractivity contribution in [3.63, 3.8) is 0 Å². The Labute approximate surface area is 169 Å². The Morgan fingerprint density at radius 2 is 1.93 bits per heavy atom. The minimum absolute atomic E-state index is 0.0285. The average molecular weight is 431 g/mol. The van der Waals surface area contributed by atoms with Crippen molar-refractivity contribution in [3.8, 4) is 0 Å². The van der Waals surface area contributed by atoms with Crippen molar-refractivity contribution < 1.29 is 22.8 Å². The highest BCUT2D eigenvalue weighted by Gasteiger charge is 2.33. The quantitative estimate of drug-likeness (QED) is 0.763. The summed E-state index contributed by atoms with van der Waals surface area (Å²) >= 11 is 5.54. The van der Waals surface area contributed by atoms with E-state index in [1.165, 1.54) is 25.2 Å². The Hall–Kier alpha value is -2.88. The average Bonchev–Trinajstić information content (AvgIpc) is 2.63. The minimum atomic E-state index is -4.67. The summed E-state index contributed by atoms with van der Waals surface area (Å²) in [5, 5.41) is 5.77. The van der Waals surface area contributed by atoms with Crippen LogP contribution in [-0.4, -0.2) is 40.1 Å². The van der Waals surface area contributed by atoms with Crippen LogP contribution in [0, 0.1) is 0 Å². The molecule has 0 saturated heterocycles. The van der Waals surface area contributed by atoms with Crippen molar-refractivity contribution in [2.24, 2.45) is 0 Å². The first kappa shape index (κ1) is 22.4. The van der Waals surface area contributed by atoms with Gasteiger partial charge in [-0.3, -0.25) is 14.4 Å². The molecule has 0 aliphatic heterocycles. The van der Waals surface area contributed by atoms with Crippen molar-refractivity contribution in [2.75, 3.05) is 18.9 Å². The van der Waals surface area contributed by atoms with Crippen molar-refractivity contribution in [1.82, 2.24) is 14.7 Å². The van der Waals surface area contributed by atoms with Gasteiger partial charge in [0, 0.05) is 25.3 Å². The predicted molar refractivity (Wildman–Crippen MR) is 101 cm³/mol. The van der Waals surface area contributed by atoms with Crippen molar-refractivity contribution >= 4 is 29.1 Å². The molecule has 1 heterocycles. The number of rotatable bonds is 6. The van der Waals surface area contributed by atoms with Crippen molar-refractivity contribution in [2.45, 2.75) is 26.1 Å². The summed E-state index contributed by atoms with van der Waals surface area (Å²) in [7, 11) is 1.34. The second kappa shape index (κ2) is 9.08. The van der Waals surface area contributed by atoms with Gasteiger partial charge in [0.2, 0.25) is 5.91 Å². The van der Waals surface area contributed by atoms with E-state index in [-0.39, 0.29) is 16.9 Å². The van der Waals surface area contributed by atoms with Gasteiger partial charge in [0.1, 0.15) is 5.69 Å². The van der Waals surface area contributed by atoms with E-state index in [2.05, 4.69) is 10.4 Å². The summed E-state index contributed by atoms with van der Waals surface area (Å²) < 4.78 is 39.9. The number of halogens is 4. The topological polar surface area (TPSA) is 84.3 Å². The van der Waals surface area contributed by atoms with E-state index in [1.54, 1.807) is 0 Å². The predicted octanol–water partition coefficient (Wildman–Crippen LogP) is 3.04. The zero-order valence-electron chi connectivity index (χ0n) is 15.6. The smallest absolute Gasteiger partial charge is 0.331 e. The number of aryl methyl sites for hydroxylation is 1. The molecule has 156 valence electrons. The van der Waals surface area contributed by atoms with Gasteiger partial charge in [-0.1, -0.05) is 18.5 Å². The number of nitrogens with one attached hydrogen (secondary N) is 1. The SMILES string of the molecule is CCCn1nc(C(=O)N(C)CC(=O)Nc2ccc(Cl)c(C(F)(F)F)c2)ccc1=O. The second-order valence-electron chi connectivity index (χ2n) is 6.18. The molecule has 0 aliphatic rings. The summed E-state index contributed by atoms with van der Waals surface area (Å²) in [4.78, 5) is 37.3. The monoisotopic (exact) mass is 430 g/mol. The number of benzene rings is 1. The standard InChI is InChI=1S/C18H18ClF3N4O3/c1-3-8-26-16(28)7-6-14(24-26)17(29)25(2)10-15(27)23-11-4-5-13(19)12(9-11)18(20,21)22/h4-7,9H,3,8,10H2,1-2H3,(H,23,27). The Bertz CT molecular complexity index is 976. The fourth-order valence-electron chi connectivity index (χ4n) is 2.44. The second-order valence-corrected chi connectivity index (χ2v) is 6.59. The molecule has 1 N–H and O–H groups in total. The molecule has 1 aromatic carbocycles. The van der Waals surface area contributed by atoms with Crippen LogP contribution in [0.2, 0.25) is 5.02 Å². The highest BCUT2D eigenvalue weighted by Crippen LogP contribution is 2.36. The molecule has 0 bridgehead atoms. The van der Waals surface area contributed by atoms with Gasteiger partial charge in [0.05, 0.1) is 17.1 Å². The highest BCUT2D eigenvalue weighted by molar-refractivity contribution is 6.31.